The Hall–Kier alpha value is -1.44. The molecule has 1 aromatic carbocycles. The van der Waals surface area contributed by atoms with E-state index in [1.807, 2.05) is 0 Å². The Kier molecular flexibility index (Phi) is 6.32. The minimum Gasteiger partial charge on any atom is -0.376 e. The zero-order valence-corrected chi connectivity index (χ0v) is 16.2. The van der Waals surface area contributed by atoms with Crippen LogP contribution in [0.1, 0.15) is 54.4 Å². The fourth-order valence-corrected chi connectivity index (χ4v) is 5.32. The average molecular weight is 381 g/mol. The molecule has 2 aliphatic heterocycles. The van der Waals surface area contributed by atoms with Crippen LogP contribution in [0.4, 0.5) is 0 Å². The standard InChI is InChI=1S/C19H28N2O4S/c1-15-8-9-16(19(22)20-14-17-7-6-12-25-17)13-18(15)26(23,24)21-10-4-2-3-5-11-21/h8-9,13,17H,2-7,10-12,14H2,1H3,(H,20,22)/t17-/m1/s1. The van der Waals surface area contributed by atoms with Gasteiger partial charge in [-0.15, -0.1) is 0 Å². The summed E-state index contributed by atoms with van der Waals surface area (Å²) in [6, 6.07) is 4.91. The molecule has 1 aromatic rings. The van der Waals surface area contributed by atoms with Crippen LogP contribution >= 0.6 is 0 Å². The van der Waals surface area contributed by atoms with Crippen molar-refractivity contribution in [2.75, 3.05) is 26.2 Å². The largest absolute Gasteiger partial charge is 0.376 e. The molecule has 1 N–H and O–H groups in total. The van der Waals surface area contributed by atoms with Crippen molar-refractivity contribution in [3.63, 3.8) is 0 Å². The summed E-state index contributed by atoms with van der Waals surface area (Å²) >= 11 is 0. The molecule has 6 nitrogen and oxygen atoms in total. The van der Waals surface area contributed by atoms with E-state index >= 15 is 0 Å². The highest BCUT2D eigenvalue weighted by Crippen LogP contribution is 2.24. The van der Waals surface area contributed by atoms with Crippen LogP contribution in [0.3, 0.4) is 0 Å². The third kappa shape index (κ3) is 4.45. The van der Waals surface area contributed by atoms with Crippen molar-refractivity contribution in [1.29, 1.82) is 0 Å². The van der Waals surface area contributed by atoms with Crippen LogP contribution in [0.15, 0.2) is 23.1 Å². The summed E-state index contributed by atoms with van der Waals surface area (Å²) in [5, 5.41) is 2.86. The Labute approximate surface area is 156 Å². The van der Waals surface area contributed by atoms with Crippen LogP contribution in [-0.2, 0) is 14.8 Å². The molecule has 144 valence electrons. The molecule has 2 fully saturated rings. The predicted molar refractivity (Wildman–Crippen MR) is 99.7 cm³/mol. The fraction of sp³-hybridized carbons (Fsp3) is 0.632. The van der Waals surface area contributed by atoms with Gasteiger partial charge in [0.25, 0.3) is 5.91 Å². The molecule has 0 aliphatic carbocycles. The molecule has 0 saturated carbocycles. The predicted octanol–water partition coefficient (Wildman–Crippen LogP) is 2.47. The van der Waals surface area contributed by atoms with Crippen molar-refractivity contribution in [2.24, 2.45) is 0 Å². The van der Waals surface area contributed by atoms with Gasteiger partial charge in [-0.25, -0.2) is 8.42 Å². The summed E-state index contributed by atoms with van der Waals surface area (Å²) in [4.78, 5) is 12.7. The van der Waals surface area contributed by atoms with E-state index in [2.05, 4.69) is 5.32 Å². The Balaban J connectivity index is 1.76. The molecule has 1 amide bonds. The smallest absolute Gasteiger partial charge is 0.251 e. The highest BCUT2D eigenvalue weighted by Gasteiger charge is 2.27. The summed E-state index contributed by atoms with van der Waals surface area (Å²) in [5.41, 5.74) is 1.05. The van der Waals surface area contributed by atoms with Crippen LogP contribution < -0.4 is 5.32 Å². The third-order valence-corrected chi connectivity index (χ3v) is 7.19. The van der Waals surface area contributed by atoms with Gasteiger partial charge in [0.2, 0.25) is 10.0 Å². The van der Waals surface area contributed by atoms with Gasteiger partial charge in [-0.2, -0.15) is 4.31 Å². The van der Waals surface area contributed by atoms with E-state index < -0.39 is 10.0 Å². The second-order valence-corrected chi connectivity index (χ2v) is 9.05. The lowest BCUT2D eigenvalue weighted by Gasteiger charge is -2.21. The summed E-state index contributed by atoms with van der Waals surface area (Å²) in [6.45, 7) is 4.08. The highest BCUT2D eigenvalue weighted by atomic mass is 32.2. The number of benzene rings is 1. The van der Waals surface area contributed by atoms with Crippen LogP contribution in [0.2, 0.25) is 0 Å². The van der Waals surface area contributed by atoms with E-state index in [0.29, 0.717) is 30.8 Å². The number of hydrogen-bond donors (Lipinski definition) is 1. The first-order valence-corrected chi connectivity index (χ1v) is 10.9. The molecule has 7 heteroatoms. The number of ether oxygens (including phenoxy) is 1. The van der Waals surface area contributed by atoms with Gasteiger partial charge in [-0.1, -0.05) is 18.9 Å². The van der Waals surface area contributed by atoms with Gasteiger partial charge in [0.05, 0.1) is 11.0 Å². The number of amides is 1. The summed E-state index contributed by atoms with van der Waals surface area (Å²) in [6.07, 6.45) is 5.93. The van der Waals surface area contributed by atoms with Gasteiger partial charge < -0.3 is 10.1 Å². The first-order chi connectivity index (χ1) is 12.5. The number of carbonyl (C=O) groups excluding carboxylic acids is 1. The number of sulfonamides is 1. The SMILES string of the molecule is Cc1ccc(C(=O)NC[C@H]2CCCO2)cc1S(=O)(=O)N1CCCCCC1. The van der Waals surface area contributed by atoms with Crippen molar-refractivity contribution < 1.29 is 17.9 Å². The van der Waals surface area contributed by atoms with Gasteiger partial charge in [-0.05, 0) is 50.3 Å². The Morgan fingerprint density at radius 2 is 1.92 bits per heavy atom. The number of rotatable bonds is 5. The first-order valence-electron chi connectivity index (χ1n) is 9.49. The van der Waals surface area contributed by atoms with Crippen LogP contribution in [0.25, 0.3) is 0 Å². The number of nitrogens with one attached hydrogen (secondary N) is 1. The highest BCUT2D eigenvalue weighted by molar-refractivity contribution is 7.89. The van der Waals surface area contributed by atoms with Gasteiger partial charge in [-0.3, -0.25) is 4.79 Å². The second kappa shape index (κ2) is 8.50. The maximum absolute atomic E-state index is 13.1. The lowest BCUT2D eigenvalue weighted by molar-refractivity contribution is 0.0857. The van der Waals surface area contributed by atoms with Gasteiger partial charge in [0, 0.05) is 31.8 Å². The third-order valence-electron chi connectivity index (χ3n) is 5.15. The molecular formula is C19H28N2O4S. The zero-order valence-electron chi connectivity index (χ0n) is 15.4. The Bertz CT molecular complexity index is 734. The molecule has 0 spiro atoms. The van der Waals surface area contributed by atoms with Crippen molar-refractivity contribution in [1.82, 2.24) is 9.62 Å². The van der Waals surface area contributed by atoms with E-state index in [4.69, 9.17) is 4.74 Å². The molecule has 0 unspecified atom stereocenters. The van der Waals surface area contributed by atoms with Gasteiger partial charge in [0.15, 0.2) is 0 Å². The van der Waals surface area contributed by atoms with Crippen molar-refractivity contribution in [3.8, 4) is 0 Å². The molecule has 3 rings (SSSR count). The van der Waals surface area contributed by atoms with Crippen LogP contribution in [0.5, 0.6) is 0 Å². The molecule has 1 atom stereocenters. The second-order valence-electron chi connectivity index (χ2n) is 7.14. The minimum absolute atomic E-state index is 0.0599. The molecule has 0 bridgehead atoms. The van der Waals surface area contributed by atoms with Crippen molar-refractivity contribution in [3.05, 3.63) is 29.3 Å². The Morgan fingerprint density at radius 3 is 2.58 bits per heavy atom. The minimum atomic E-state index is -3.57. The number of nitrogens with zero attached hydrogens (tertiary/aromatic N) is 1. The number of aryl methyl sites for hydroxylation is 1. The van der Waals surface area contributed by atoms with Crippen molar-refractivity contribution in [2.45, 2.75) is 56.4 Å². The first kappa shape index (κ1) is 19.3. The topological polar surface area (TPSA) is 75.7 Å². The van der Waals surface area contributed by atoms with E-state index in [0.717, 1.165) is 45.1 Å². The maximum Gasteiger partial charge on any atom is 0.251 e. The summed E-state index contributed by atoms with van der Waals surface area (Å²) < 4.78 is 33.2. The average Bonchev–Trinajstić information content (AvgIpc) is 2.99. The lowest BCUT2D eigenvalue weighted by Crippen LogP contribution is -2.33. The quantitative estimate of drug-likeness (QED) is 0.851. The molecule has 26 heavy (non-hydrogen) atoms. The van der Waals surface area contributed by atoms with E-state index in [9.17, 15) is 13.2 Å². The van der Waals surface area contributed by atoms with E-state index in [-0.39, 0.29) is 16.9 Å². The fourth-order valence-electron chi connectivity index (χ4n) is 3.55. The van der Waals surface area contributed by atoms with Crippen LogP contribution in [0, 0.1) is 6.92 Å². The molecule has 2 heterocycles. The van der Waals surface area contributed by atoms with E-state index in [1.165, 1.54) is 6.07 Å². The lowest BCUT2D eigenvalue weighted by atomic mass is 10.1. The van der Waals surface area contributed by atoms with Gasteiger partial charge >= 0.3 is 0 Å². The molecular weight excluding hydrogens is 352 g/mol. The van der Waals surface area contributed by atoms with Gasteiger partial charge in [0.1, 0.15) is 0 Å². The summed E-state index contributed by atoms with van der Waals surface area (Å²) in [5.74, 6) is -0.257. The maximum atomic E-state index is 13.1. The molecule has 2 saturated heterocycles. The number of hydrogen-bond acceptors (Lipinski definition) is 4. The number of carbonyl (C=O) groups is 1. The normalized spacial score (nSPS) is 22.1. The zero-order chi connectivity index (χ0) is 18.6. The van der Waals surface area contributed by atoms with Crippen LogP contribution in [-0.4, -0.2) is 51.0 Å². The van der Waals surface area contributed by atoms with E-state index in [1.54, 1.807) is 23.4 Å². The monoisotopic (exact) mass is 380 g/mol. The molecule has 0 radical (unpaired) electrons. The molecule has 2 aliphatic rings. The van der Waals surface area contributed by atoms with Crippen molar-refractivity contribution >= 4 is 15.9 Å². The summed E-state index contributed by atoms with van der Waals surface area (Å²) in [7, 11) is -3.57. The molecule has 0 aromatic heterocycles. The Morgan fingerprint density at radius 1 is 1.19 bits per heavy atom.